The number of halogens is 2. The van der Waals surface area contributed by atoms with Crippen LogP contribution in [0.3, 0.4) is 0 Å². The average molecular weight is 488 g/mol. The summed E-state index contributed by atoms with van der Waals surface area (Å²) in [6.45, 7) is 14.7. The maximum absolute atomic E-state index is 7.54. The van der Waals surface area contributed by atoms with Gasteiger partial charge in [0.2, 0.25) is 0 Å². The van der Waals surface area contributed by atoms with Crippen LogP contribution in [0.1, 0.15) is 48.1 Å². The summed E-state index contributed by atoms with van der Waals surface area (Å²) < 4.78 is 0. The maximum Gasteiger partial charge on any atom is 2.00 e. The van der Waals surface area contributed by atoms with Crippen LogP contribution in [0.5, 0.6) is 0 Å². The Bertz CT molecular complexity index is 1090. The number of hydrogen-bond acceptors (Lipinski definition) is 0. The summed E-state index contributed by atoms with van der Waals surface area (Å²) in [5.74, 6) is 0. The SMILES string of the molecule is Cc1cc(C)c([NH-])c(C)c1.Cl.Cl.[CH2-]c1c(C2=C(C)C=C(C)C2)ccc2ccccc12.[Ti+2]. The van der Waals surface area contributed by atoms with Crippen molar-refractivity contribution >= 4 is 46.8 Å². The van der Waals surface area contributed by atoms with Gasteiger partial charge in [0.25, 0.3) is 0 Å². The van der Waals surface area contributed by atoms with Gasteiger partial charge in [0, 0.05) is 0 Å². The third-order valence-corrected chi connectivity index (χ3v) is 5.44. The van der Waals surface area contributed by atoms with Gasteiger partial charge in [-0.05, 0) is 41.0 Å². The van der Waals surface area contributed by atoms with Gasteiger partial charge in [0.15, 0.2) is 0 Å². The minimum absolute atomic E-state index is 0. The third-order valence-electron chi connectivity index (χ3n) is 5.44. The third kappa shape index (κ3) is 6.67. The molecule has 0 spiro atoms. The van der Waals surface area contributed by atoms with Crippen molar-refractivity contribution in [1.29, 1.82) is 0 Å². The molecule has 0 fully saturated rings. The quantitative estimate of drug-likeness (QED) is 0.241. The van der Waals surface area contributed by atoms with Crippen LogP contribution in [0.4, 0.5) is 5.69 Å². The van der Waals surface area contributed by atoms with Gasteiger partial charge in [0.1, 0.15) is 0 Å². The van der Waals surface area contributed by atoms with E-state index in [4.69, 9.17) is 5.73 Å². The fourth-order valence-corrected chi connectivity index (χ4v) is 4.03. The summed E-state index contributed by atoms with van der Waals surface area (Å²) in [7, 11) is 0. The topological polar surface area (TPSA) is 23.8 Å². The van der Waals surface area contributed by atoms with Crippen LogP contribution >= 0.6 is 24.8 Å². The van der Waals surface area contributed by atoms with Crippen molar-refractivity contribution in [2.45, 2.75) is 41.0 Å². The second kappa shape index (κ2) is 12.4. The van der Waals surface area contributed by atoms with Gasteiger partial charge >= 0.3 is 21.7 Å². The van der Waals surface area contributed by atoms with Crippen molar-refractivity contribution in [3.8, 4) is 0 Å². The molecule has 0 saturated carbocycles. The number of aryl methyl sites for hydroxylation is 3. The summed E-state index contributed by atoms with van der Waals surface area (Å²) in [5, 5.41) is 2.53. The zero-order valence-electron chi connectivity index (χ0n) is 18.9. The Labute approximate surface area is 214 Å². The van der Waals surface area contributed by atoms with Crippen LogP contribution in [0.15, 0.2) is 65.8 Å². The van der Waals surface area contributed by atoms with Crippen LogP contribution in [0.2, 0.25) is 0 Å². The van der Waals surface area contributed by atoms with E-state index in [1.54, 1.807) is 0 Å². The predicted molar refractivity (Wildman–Crippen MR) is 139 cm³/mol. The van der Waals surface area contributed by atoms with Crippen molar-refractivity contribution < 1.29 is 21.7 Å². The van der Waals surface area contributed by atoms with Gasteiger partial charge < -0.3 is 5.73 Å². The van der Waals surface area contributed by atoms with Crippen molar-refractivity contribution in [3.63, 3.8) is 0 Å². The Balaban J connectivity index is 0.000000604. The zero-order valence-corrected chi connectivity index (χ0v) is 22.1. The molecule has 0 saturated heterocycles. The Morgan fingerprint density at radius 1 is 0.839 bits per heavy atom. The van der Waals surface area contributed by atoms with Crippen LogP contribution in [0, 0.1) is 27.7 Å². The van der Waals surface area contributed by atoms with Crippen LogP contribution in [-0.2, 0) is 21.7 Å². The monoisotopic (exact) mass is 487 g/mol. The van der Waals surface area contributed by atoms with Crippen LogP contribution in [-0.4, -0.2) is 0 Å². The summed E-state index contributed by atoms with van der Waals surface area (Å²) in [6.07, 6.45) is 3.34. The van der Waals surface area contributed by atoms with Crippen molar-refractivity contribution in [3.05, 3.63) is 106 Å². The fourth-order valence-electron chi connectivity index (χ4n) is 4.03. The number of benzene rings is 3. The summed E-state index contributed by atoms with van der Waals surface area (Å²) in [6, 6.07) is 17.0. The molecule has 1 nitrogen and oxygen atoms in total. The standard InChI is InChI=1S/C18H17.C9H12N.2ClH.Ti/c1-12-10-13(2)18(11-12)17-9-8-15-6-4-5-7-16(15)14(17)3;1-6-4-7(2)9(10)8(3)5-6;;;/h4-10H,3,11H2,1-2H3;4-5,10H,1-3H3;2*1H;/q2*-1;;;+2. The Hall–Kier alpha value is -1.64. The van der Waals surface area contributed by atoms with E-state index in [0.717, 1.165) is 23.1 Å². The molecule has 3 aromatic carbocycles. The first-order valence-electron chi connectivity index (χ1n) is 9.78. The Kier molecular flexibility index (Phi) is 11.8. The van der Waals surface area contributed by atoms with Crippen LogP contribution < -0.4 is 0 Å². The van der Waals surface area contributed by atoms with Gasteiger partial charge in [-0.2, -0.15) is 12.5 Å². The fraction of sp³-hybridized carbons (Fsp3) is 0.222. The zero-order chi connectivity index (χ0) is 20.4. The van der Waals surface area contributed by atoms with E-state index in [0.29, 0.717) is 5.69 Å². The minimum atomic E-state index is 0. The van der Waals surface area contributed by atoms with E-state index < -0.39 is 0 Å². The molecule has 0 radical (unpaired) electrons. The van der Waals surface area contributed by atoms with E-state index in [-0.39, 0.29) is 46.5 Å². The van der Waals surface area contributed by atoms with Gasteiger partial charge in [-0.25, -0.2) is 0 Å². The van der Waals surface area contributed by atoms with Gasteiger partial charge in [-0.1, -0.05) is 81.3 Å². The number of rotatable bonds is 1. The molecular formula is C27H31Cl2NTi. The number of hydrogen-bond donors (Lipinski definition) is 0. The first kappa shape index (κ1) is 29.4. The number of nitrogens with one attached hydrogen (secondary N) is 1. The molecule has 0 atom stereocenters. The van der Waals surface area contributed by atoms with Gasteiger partial charge in [-0.3, -0.25) is 0 Å². The molecule has 0 aliphatic heterocycles. The first-order chi connectivity index (χ1) is 13.3. The van der Waals surface area contributed by atoms with Crippen LogP contribution in [0.25, 0.3) is 22.1 Å². The molecule has 0 heterocycles. The van der Waals surface area contributed by atoms with Crippen molar-refractivity contribution in [2.75, 3.05) is 0 Å². The molecule has 162 valence electrons. The molecule has 1 aliphatic rings. The van der Waals surface area contributed by atoms with Crippen molar-refractivity contribution in [2.24, 2.45) is 0 Å². The molecule has 0 amide bonds. The molecule has 1 aliphatic carbocycles. The second-order valence-corrected chi connectivity index (χ2v) is 7.92. The second-order valence-electron chi connectivity index (χ2n) is 7.92. The van der Waals surface area contributed by atoms with E-state index in [2.05, 4.69) is 70.2 Å². The molecule has 0 bridgehead atoms. The first-order valence-corrected chi connectivity index (χ1v) is 9.78. The van der Waals surface area contributed by atoms with E-state index in [1.165, 1.54) is 38.6 Å². The van der Waals surface area contributed by atoms with E-state index in [1.807, 2.05) is 26.0 Å². The molecule has 4 rings (SSSR count). The number of fused-ring (bicyclic) bond motifs is 1. The molecule has 0 aromatic heterocycles. The summed E-state index contributed by atoms with van der Waals surface area (Å²) >= 11 is 0. The Morgan fingerprint density at radius 2 is 1.42 bits per heavy atom. The normalized spacial score (nSPS) is 12.1. The largest absolute Gasteiger partial charge is 2.00 e. The molecule has 0 unspecified atom stereocenters. The van der Waals surface area contributed by atoms with E-state index in [9.17, 15) is 0 Å². The number of allylic oxidation sites excluding steroid dienone is 4. The summed E-state index contributed by atoms with van der Waals surface area (Å²) in [4.78, 5) is 0. The van der Waals surface area contributed by atoms with Gasteiger partial charge in [0.05, 0.1) is 0 Å². The van der Waals surface area contributed by atoms with E-state index >= 15 is 0 Å². The Morgan fingerprint density at radius 3 is 1.97 bits per heavy atom. The maximum atomic E-state index is 7.54. The minimum Gasteiger partial charge on any atom is -0.698 e. The molecule has 1 N–H and O–H groups in total. The summed E-state index contributed by atoms with van der Waals surface area (Å²) in [5.41, 5.74) is 18.3. The molecule has 31 heavy (non-hydrogen) atoms. The molecule has 4 heteroatoms. The van der Waals surface area contributed by atoms with Gasteiger partial charge in [-0.15, -0.1) is 53.6 Å². The smallest absolute Gasteiger partial charge is 0.698 e. The molecule has 3 aromatic rings. The average Bonchev–Trinajstić information content (AvgIpc) is 2.99. The van der Waals surface area contributed by atoms with Crippen molar-refractivity contribution in [1.82, 2.24) is 0 Å². The molecular weight excluding hydrogens is 457 g/mol. The predicted octanol–water partition coefficient (Wildman–Crippen LogP) is 9.28.